The van der Waals surface area contributed by atoms with E-state index in [2.05, 4.69) is 0 Å². The molecule has 2 heterocycles. The molecule has 2 aliphatic heterocycles. The van der Waals surface area contributed by atoms with Crippen molar-refractivity contribution in [3.63, 3.8) is 0 Å². The zero-order valence-corrected chi connectivity index (χ0v) is 9.00. The van der Waals surface area contributed by atoms with Crippen molar-refractivity contribution in [1.29, 1.82) is 0 Å². The second-order valence-corrected chi connectivity index (χ2v) is 5.78. The molecule has 0 atom stereocenters. The second-order valence-electron chi connectivity index (χ2n) is 3.61. The molecule has 6 heteroatoms. The Kier molecular flexibility index (Phi) is 2.79. The molecule has 2 rings (SSSR count). The molecule has 2 bridgehead atoms. The van der Waals surface area contributed by atoms with Crippen molar-refractivity contribution in [2.24, 2.45) is 0 Å². The Labute approximate surface area is 84.0 Å². The van der Waals surface area contributed by atoms with E-state index in [1.807, 2.05) is 0 Å². The maximum atomic E-state index is 11.8. The molecule has 2 aliphatic rings. The molecule has 5 nitrogen and oxygen atoms in total. The summed E-state index contributed by atoms with van der Waals surface area (Å²) in [6.07, 6.45) is 0. The molecule has 0 aromatic rings. The number of sulfonamides is 1. The average molecular weight is 221 g/mol. The SMILES string of the molecule is CCS(=O)(=O)N1C2COCC1COC2. The van der Waals surface area contributed by atoms with Gasteiger partial charge in [0.15, 0.2) is 0 Å². The van der Waals surface area contributed by atoms with E-state index >= 15 is 0 Å². The average Bonchev–Trinajstić information content (AvgIpc) is 2.16. The first-order chi connectivity index (χ1) is 6.65. The molecular weight excluding hydrogens is 206 g/mol. The van der Waals surface area contributed by atoms with Crippen LogP contribution in [0.15, 0.2) is 0 Å². The second kappa shape index (κ2) is 3.77. The zero-order chi connectivity index (χ0) is 10.2. The molecule has 0 aromatic heterocycles. The highest BCUT2D eigenvalue weighted by molar-refractivity contribution is 7.89. The first-order valence-corrected chi connectivity index (χ1v) is 6.42. The fourth-order valence-corrected chi connectivity index (χ4v) is 3.42. The van der Waals surface area contributed by atoms with Gasteiger partial charge in [-0.15, -0.1) is 0 Å². The van der Waals surface area contributed by atoms with Gasteiger partial charge in [0.2, 0.25) is 10.0 Å². The van der Waals surface area contributed by atoms with Crippen molar-refractivity contribution in [2.45, 2.75) is 19.0 Å². The summed E-state index contributed by atoms with van der Waals surface area (Å²) in [6, 6.07) is -0.236. The predicted octanol–water partition coefficient (Wildman–Crippen LogP) is -0.564. The lowest BCUT2D eigenvalue weighted by atomic mass is 10.2. The number of rotatable bonds is 2. The van der Waals surface area contributed by atoms with E-state index in [9.17, 15) is 8.42 Å². The molecule has 82 valence electrons. The minimum atomic E-state index is -3.11. The van der Waals surface area contributed by atoms with Crippen LogP contribution < -0.4 is 0 Å². The van der Waals surface area contributed by atoms with Crippen LogP contribution in [0.2, 0.25) is 0 Å². The number of hydrogen-bond acceptors (Lipinski definition) is 4. The van der Waals surface area contributed by atoms with Gasteiger partial charge in [0.1, 0.15) is 0 Å². The minimum absolute atomic E-state index is 0.118. The van der Waals surface area contributed by atoms with Gasteiger partial charge < -0.3 is 9.47 Å². The van der Waals surface area contributed by atoms with Gasteiger partial charge in [0.25, 0.3) is 0 Å². The Morgan fingerprint density at radius 3 is 1.93 bits per heavy atom. The molecule has 0 spiro atoms. The third-order valence-corrected chi connectivity index (χ3v) is 4.62. The molecule has 0 aliphatic carbocycles. The smallest absolute Gasteiger partial charge is 0.214 e. The maximum absolute atomic E-state index is 11.8. The van der Waals surface area contributed by atoms with Gasteiger partial charge >= 0.3 is 0 Å². The van der Waals surface area contributed by atoms with Gasteiger partial charge in [-0.3, -0.25) is 0 Å². The molecule has 0 aromatic carbocycles. The van der Waals surface area contributed by atoms with E-state index in [1.54, 1.807) is 11.2 Å². The van der Waals surface area contributed by atoms with Crippen molar-refractivity contribution >= 4 is 10.0 Å². The Morgan fingerprint density at radius 2 is 1.57 bits per heavy atom. The molecule has 0 saturated carbocycles. The monoisotopic (exact) mass is 221 g/mol. The van der Waals surface area contributed by atoms with Crippen LogP contribution in [0.1, 0.15) is 6.92 Å². The standard InChI is InChI=1S/C8H15NO4S/c1-2-14(10,11)9-7-3-12-5-8(9)6-13-4-7/h7-8H,2-6H2,1H3. The predicted molar refractivity (Wildman–Crippen MR) is 50.5 cm³/mol. The summed E-state index contributed by atoms with van der Waals surface area (Å²) in [5.41, 5.74) is 0. The summed E-state index contributed by atoms with van der Waals surface area (Å²) in [4.78, 5) is 0. The lowest BCUT2D eigenvalue weighted by molar-refractivity contribution is -0.102. The van der Waals surface area contributed by atoms with Gasteiger partial charge in [0.05, 0.1) is 44.3 Å². The summed E-state index contributed by atoms with van der Waals surface area (Å²) in [5.74, 6) is 0.153. The van der Waals surface area contributed by atoms with E-state index < -0.39 is 10.0 Å². The van der Waals surface area contributed by atoms with Crippen molar-refractivity contribution in [3.8, 4) is 0 Å². The Bertz CT molecular complexity index is 280. The molecule has 2 fully saturated rings. The van der Waals surface area contributed by atoms with Gasteiger partial charge in [-0.25, -0.2) is 8.42 Å². The van der Waals surface area contributed by atoms with Crippen LogP contribution in [0, 0.1) is 0 Å². The van der Waals surface area contributed by atoms with Crippen LogP contribution in [-0.4, -0.2) is 57.0 Å². The van der Waals surface area contributed by atoms with Crippen LogP contribution >= 0.6 is 0 Å². The Morgan fingerprint density at radius 1 is 1.14 bits per heavy atom. The number of morpholine rings is 2. The van der Waals surface area contributed by atoms with Crippen LogP contribution in [0.25, 0.3) is 0 Å². The molecular formula is C8H15NO4S. The first kappa shape index (κ1) is 10.4. The highest BCUT2D eigenvalue weighted by Gasteiger charge is 2.41. The maximum Gasteiger partial charge on any atom is 0.214 e. The van der Waals surface area contributed by atoms with Crippen LogP contribution in [0.4, 0.5) is 0 Å². The molecule has 14 heavy (non-hydrogen) atoms. The highest BCUT2D eigenvalue weighted by Crippen LogP contribution is 2.23. The molecule has 0 unspecified atom stereocenters. The van der Waals surface area contributed by atoms with E-state index in [0.717, 1.165) is 0 Å². The number of nitrogens with zero attached hydrogens (tertiary/aromatic N) is 1. The first-order valence-electron chi connectivity index (χ1n) is 4.82. The summed E-state index contributed by atoms with van der Waals surface area (Å²) in [7, 11) is -3.11. The van der Waals surface area contributed by atoms with Gasteiger partial charge in [0, 0.05) is 0 Å². The molecule has 0 radical (unpaired) electrons. The largest absolute Gasteiger partial charge is 0.378 e. The van der Waals surface area contributed by atoms with E-state index in [0.29, 0.717) is 26.4 Å². The van der Waals surface area contributed by atoms with Crippen molar-refractivity contribution in [1.82, 2.24) is 4.31 Å². The van der Waals surface area contributed by atoms with Crippen LogP contribution in [0.3, 0.4) is 0 Å². The molecule has 0 amide bonds. The molecule has 0 N–H and O–H groups in total. The summed E-state index contributed by atoms with van der Waals surface area (Å²) < 4.78 is 35.8. The van der Waals surface area contributed by atoms with Gasteiger partial charge in [-0.2, -0.15) is 4.31 Å². The summed E-state index contributed by atoms with van der Waals surface area (Å²) >= 11 is 0. The minimum Gasteiger partial charge on any atom is -0.378 e. The number of hydrogen-bond donors (Lipinski definition) is 0. The molecule has 2 saturated heterocycles. The summed E-state index contributed by atoms with van der Waals surface area (Å²) in [5, 5.41) is 0. The fraction of sp³-hybridized carbons (Fsp3) is 1.00. The van der Waals surface area contributed by atoms with Crippen molar-refractivity contribution in [3.05, 3.63) is 0 Å². The van der Waals surface area contributed by atoms with E-state index in [-0.39, 0.29) is 17.8 Å². The van der Waals surface area contributed by atoms with Gasteiger partial charge in [-0.05, 0) is 6.92 Å². The van der Waals surface area contributed by atoms with Crippen LogP contribution in [0.5, 0.6) is 0 Å². The van der Waals surface area contributed by atoms with E-state index in [4.69, 9.17) is 9.47 Å². The lowest BCUT2D eigenvalue weighted by Gasteiger charge is -2.43. The van der Waals surface area contributed by atoms with Crippen molar-refractivity contribution < 1.29 is 17.9 Å². The topological polar surface area (TPSA) is 55.8 Å². The third kappa shape index (κ3) is 1.67. The number of fused-ring (bicyclic) bond motifs is 2. The fourth-order valence-electron chi connectivity index (χ4n) is 1.97. The number of ether oxygens (including phenoxy) is 2. The quantitative estimate of drug-likeness (QED) is 0.627. The Hall–Kier alpha value is -0.170. The normalized spacial score (nSPS) is 34.4. The van der Waals surface area contributed by atoms with Crippen molar-refractivity contribution in [2.75, 3.05) is 32.2 Å². The Balaban J connectivity index is 2.24. The summed E-state index contributed by atoms with van der Waals surface area (Å²) in [6.45, 7) is 3.48. The highest BCUT2D eigenvalue weighted by atomic mass is 32.2. The van der Waals surface area contributed by atoms with E-state index in [1.165, 1.54) is 0 Å². The zero-order valence-electron chi connectivity index (χ0n) is 8.18. The van der Waals surface area contributed by atoms with Gasteiger partial charge in [-0.1, -0.05) is 0 Å². The lowest BCUT2D eigenvalue weighted by Crippen LogP contribution is -2.61. The third-order valence-electron chi connectivity index (χ3n) is 2.65. The van der Waals surface area contributed by atoms with Crippen LogP contribution in [-0.2, 0) is 19.5 Å².